The summed E-state index contributed by atoms with van der Waals surface area (Å²) in [5.74, 6) is 2.45. The van der Waals surface area contributed by atoms with Crippen LogP contribution < -0.4 is 0 Å². The average Bonchev–Trinajstić information content (AvgIpc) is 3.38. The van der Waals surface area contributed by atoms with Crippen molar-refractivity contribution in [3.8, 4) is 17.3 Å². The smallest absolute Gasteiger partial charge is 0.274 e. The molecule has 0 unspecified atom stereocenters. The molecule has 0 spiro atoms. The van der Waals surface area contributed by atoms with Crippen molar-refractivity contribution in [1.29, 1.82) is 0 Å². The maximum Gasteiger partial charge on any atom is 0.274 e. The minimum absolute atomic E-state index is 0.0278. The van der Waals surface area contributed by atoms with Gasteiger partial charge < -0.3 is 9.42 Å². The highest BCUT2D eigenvalue weighted by Gasteiger charge is 2.23. The van der Waals surface area contributed by atoms with E-state index in [-0.39, 0.29) is 11.8 Å². The van der Waals surface area contributed by atoms with Crippen LogP contribution in [0.4, 0.5) is 0 Å². The van der Waals surface area contributed by atoms with Crippen molar-refractivity contribution >= 4 is 5.91 Å². The quantitative estimate of drug-likeness (QED) is 0.690. The van der Waals surface area contributed by atoms with Gasteiger partial charge in [0.15, 0.2) is 5.82 Å². The molecule has 1 aliphatic heterocycles. The van der Waals surface area contributed by atoms with Gasteiger partial charge in [0.05, 0.1) is 0 Å². The molecule has 1 fully saturated rings. The van der Waals surface area contributed by atoms with Crippen LogP contribution in [0.2, 0.25) is 0 Å². The molecule has 4 heterocycles. The van der Waals surface area contributed by atoms with Gasteiger partial charge >= 0.3 is 0 Å². The summed E-state index contributed by atoms with van der Waals surface area (Å²) in [6.45, 7) is 7.78. The zero-order valence-corrected chi connectivity index (χ0v) is 16.4. The Morgan fingerprint density at radius 1 is 1.32 bits per heavy atom. The highest BCUT2D eigenvalue weighted by molar-refractivity contribution is 5.92. The Morgan fingerprint density at radius 2 is 2.18 bits per heavy atom. The Bertz CT molecular complexity index is 976. The monoisotopic (exact) mass is 380 g/mol. The molecule has 1 amide bonds. The zero-order chi connectivity index (χ0) is 19.7. The maximum atomic E-state index is 12.7. The van der Waals surface area contributed by atoms with Crippen molar-refractivity contribution in [1.82, 2.24) is 29.6 Å². The Morgan fingerprint density at radius 3 is 2.93 bits per heavy atom. The molecule has 8 heteroatoms. The number of rotatable bonds is 4. The van der Waals surface area contributed by atoms with Crippen molar-refractivity contribution in [3.05, 3.63) is 42.4 Å². The molecule has 3 aromatic rings. The van der Waals surface area contributed by atoms with Gasteiger partial charge in [0, 0.05) is 37.0 Å². The second-order valence-corrected chi connectivity index (χ2v) is 7.68. The summed E-state index contributed by atoms with van der Waals surface area (Å²) < 4.78 is 7.10. The van der Waals surface area contributed by atoms with Gasteiger partial charge in [0.25, 0.3) is 11.8 Å². The van der Waals surface area contributed by atoms with Crippen LogP contribution in [0.25, 0.3) is 17.3 Å². The summed E-state index contributed by atoms with van der Waals surface area (Å²) in [5.41, 5.74) is 1.21. The summed E-state index contributed by atoms with van der Waals surface area (Å²) >= 11 is 0. The number of piperidine rings is 1. The molecule has 0 bridgehead atoms. The fourth-order valence-corrected chi connectivity index (χ4v) is 3.37. The van der Waals surface area contributed by atoms with E-state index in [4.69, 9.17) is 4.52 Å². The molecular formula is C20H24N6O2. The number of hydrogen-bond donors (Lipinski definition) is 0. The first-order valence-electron chi connectivity index (χ1n) is 9.65. The van der Waals surface area contributed by atoms with Crippen LogP contribution in [-0.2, 0) is 0 Å². The van der Waals surface area contributed by atoms with Crippen molar-refractivity contribution in [2.75, 3.05) is 13.1 Å². The summed E-state index contributed by atoms with van der Waals surface area (Å²) in [5, 5.41) is 4.00. The highest BCUT2D eigenvalue weighted by Crippen LogP contribution is 2.22. The minimum atomic E-state index is -0.0278. The predicted octanol–water partition coefficient (Wildman–Crippen LogP) is 3.31. The molecule has 1 saturated heterocycles. The third kappa shape index (κ3) is 3.67. The second-order valence-electron chi connectivity index (χ2n) is 7.68. The van der Waals surface area contributed by atoms with E-state index in [0.29, 0.717) is 29.1 Å². The van der Waals surface area contributed by atoms with Crippen molar-refractivity contribution < 1.29 is 9.32 Å². The first-order valence-corrected chi connectivity index (χ1v) is 9.65. The average molecular weight is 380 g/mol. The van der Waals surface area contributed by atoms with Crippen LogP contribution in [0.15, 0.2) is 35.4 Å². The predicted molar refractivity (Wildman–Crippen MR) is 103 cm³/mol. The molecule has 0 N–H and O–H groups in total. The molecule has 0 saturated carbocycles. The number of carbonyl (C=O) groups excluding carboxylic acids is 1. The molecule has 4 rings (SSSR count). The van der Waals surface area contributed by atoms with Crippen LogP contribution in [0.5, 0.6) is 0 Å². The first-order chi connectivity index (χ1) is 13.5. The van der Waals surface area contributed by atoms with Crippen molar-refractivity contribution in [2.24, 2.45) is 5.92 Å². The molecule has 146 valence electrons. The molecular weight excluding hydrogens is 356 g/mol. The fourth-order valence-electron chi connectivity index (χ4n) is 3.37. The first kappa shape index (κ1) is 18.3. The number of amides is 1. The number of nitrogens with zero attached hydrogens (tertiary/aromatic N) is 6. The number of imidazole rings is 1. The Kier molecular flexibility index (Phi) is 4.93. The van der Waals surface area contributed by atoms with E-state index in [1.54, 1.807) is 23.3 Å². The van der Waals surface area contributed by atoms with E-state index >= 15 is 0 Å². The van der Waals surface area contributed by atoms with Gasteiger partial charge in [-0.1, -0.05) is 25.9 Å². The third-order valence-electron chi connectivity index (χ3n) is 4.96. The maximum absolute atomic E-state index is 12.7. The van der Waals surface area contributed by atoms with E-state index in [0.717, 1.165) is 25.1 Å². The summed E-state index contributed by atoms with van der Waals surface area (Å²) in [6.07, 6.45) is 7.22. The highest BCUT2D eigenvalue weighted by atomic mass is 16.5. The Balaban J connectivity index is 1.56. The molecule has 28 heavy (non-hydrogen) atoms. The Hall–Kier alpha value is -3.03. The molecule has 0 aromatic carbocycles. The van der Waals surface area contributed by atoms with Crippen LogP contribution in [0, 0.1) is 5.92 Å². The number of likely N-dealkylation sites (tertiary alicyclic amines) is 1. The number of carbonyl (C=O) groups is 1. The van der Waals surface area contributed by atoms with Gasteiger partial charge in [-0.15, -0.1) is 0 Å². The van der Waals surface area contributed by atoms with Gasteiger partial charge in [-0.25, -0.2) is 9.97 Å². The van der Waals surface area contributed by atoms with E-state index in [9.17, 15) is 4.79 Å². The normalized spacial score (nSPS) is 17.3. The van der Waals surface area contributed by atoms with E-state index < -0.39 is 0 Å². The van der Waals surface area contributed by atoms with Gasteiger partial charge in [-0.2, -0.15) is 4.98 Å². The summed E-state index contributed by atoms with van der Waals surface area (Å²) in [7, 11) is 0. The second kappa shape index (κ2) is 7.53. The third-order valence-corrected chi connectivity index (χ3v) is 4.96. The number of aromatic nitrogens is 5. The van der Waals surface area contributed by atoms with Gasteiger partial charge in [0.1, 0.15) is 17.8 Å². The topological polar surface area (TPSA) is 89.9 Å². The molecule has 0 radical (unpaired) electrons. The lowest BCUT2D eigenvalue weighted by Crippen LogP contribution is -2.39. The van der Waals surface area contributed by atoms with E-state index in [1.165, 1.54) is 6.42 Å². The van der Waals surface area contributed by atoms with Crippen LogP contribution >= 0.6 is 0 Å². The van der Waals surface area contributed by atoms with Gasteiger partial charge in [-0.3, -0.25) is 9.36 Å². The number of hydrogen-bond acceptors (Lipinski definition) is 6. The lowest BCUT2D eigenvalue weighted by molar-refractivity contribution is 0.0677. The van der Waals surface area contributed by atoms with E-state index in [1.807, 2.05) is 30.9 Å². The standard InChI is InChI=1S/C20H24N6O2/c1-13(2)18-23-19(28-24-18)15-6-7-21-17(9-15)26-11-16(22-12-26)20(27)25-8-4-5-14(3)10-25/h6-7,9,11-14H,4-5,8,10H2,1-3H3/t14-/m0/s1. The SMILES string of the molecule is CC(C)c1noc(-c2ccnc(-n3cnc(C(=O)N4CCC[C@H](C)C4)c3)c2)n1. The van der Waals surface area contributed by atoms with Gasteiger partial charge in [0.2, 0.25) is 0 Å². The minimum Gasteiger partial charge on any atom is -0.337 e. The molecule has 3 aromatic heterocycles. The summed E-state index contributed by atoms with van der Waals surface area (Å²) in [6, 6.07) is 3.66. The van der Waals surface area contributed by atoms with Crippen LogP contribution in [0.3, 0.4) is 0 Å². The van der Waals surface area contributed by atoms with E-state index in [2.05, 4.69) is 27.0 Å². The molecule has 8 nitrogen and oxygen atoms in total. The Labute approximate surface area is 163 Å². The molecule has 1 aliphatic rings. The number of pyridine rings is 1. The summed E-state index contributed by atoms with van der Waals surface area (Å²) in [4.78, 5) is 27.7. The van der Waals surface area contributed by atoms with Gasteiger partial charge in [-0.05, 0) is 30.9 Å². The van der Waals surface area contributed by atoms with Crippen molar-refractivity contribution in [2.45, 2.75) is 39.5 Å². The fraction of sp³-hybridized carbons (Fsp3) is 0.450. The molecule has 0 aliphatic carbocycles. The van der Waals surface area contributed by atoms with Crippen LogP contribution in [0.1, 0.15) is 55.8 Å². The van der Waals surface area contributed by atoms with Crippen LogP contribution in [-0.4, -0.2) is 48.6 Å². The lowest BCUT2D eigenvalue weighted by atomic mass is 10.0. The molecule has 1 atom stereocenters. The zero-order valence-electron chi connectivity index (χ0n) is 16.4. The largest absolute Gasteiger partial charge is 0.337 e. The lowest BCUT2D eigenvalue weighted by Gasteiger charge is -2.30. The van der Waals surface area contributed by atoms with Crippen molar-refractivity contribution in [3.63, 3.8) is 0 Å².